The Morgan fingerprint density at radius 3 is 1.54 bits per heavy atom. The zero-order valence-corrected chi connectivity index (χ0v) is 32.2. The van der Waals surface area contributed by atoms with Crippen LogP contribution in [0.4, 0.5) is 17.1 Å². The summed E-state index contributed by atoms with van der Waals surface area (Å²) < 4.78 is 0. The van der Waals surface area contributed by atoms with E-state index in [2.05, 4.69) is 229 Å². The Morgan fingerprint density at radius 1 is 0.305 bits per heavy atom. The lowest BCUT2D eigenvalue weighted by Crippen LogP contribution is -2.09. The van der Waals surface area contributed by atoms with E-state index in [4.69, 9.17) is 9.97 Å². The summed E-state index contributed by atoms with van der Waals surface area (Å²) in [5.41, 5.74) is 14.0. The van der Waals surface area contributed by atoms with Crippen LogP contribution in [0.15, 0.2) is 224 Å². The van der Waals surface area contributed by atoms with E-state index in [1.165, 1.54) is 21.9 Å². The van der Waals surface area contributed by atoms with E-state index in [0.717, 1.165) is 83.3 Å². The third kappa shape index (κ3) is 6.17. The maximum absolute atomic E-state index is 5.37. The minimum absolute atomic E-state index is 0.942. The Labute approximate surface area is 343 Å². The molecule has 9 aromatic carbocycles. The summed E-state index contributed by atoms with van der Waals surface area (Å²) in [6, 6.07) is 79.7. The first-order valence-corrected chi connectivity index (χ1v) is 20.1. The van der Waals surface area contributed by atoms with Gasteiger partial charge in [0.2, 0.25) is 0 Å². The first-order valence-electron chi connectivity index (χ1n) is 20.1. The van der Waals surface area contributed by atoms with Gasteiger partial charge in [-0.05, 0) is 87.6 Å². The van der Waals surface area contributed by atoms with E-state index >= 15 is 0 Å². The summed E-state index contributed by atoms with van der Waals surface area (Å²) in [5.74, 6) is 0. The second kappa shape index (κ2) is 14.6. The summed E-state index contributed by atoms with van der Waals surface area (Å²) in [5, 5.41) is 6.88. The Bertz CT molecular complexity index is 3250. The molecule has 0 aliphatic carbocycles. The highest BCUT2D eigenvalue weighted by molar-refractivity contribution is 6.25. The SMILES string of the molecule is c1ccc(-c2ccc(-c3cc(-c4cccc5ccc6c(-c7ccc(N(c8ccccc8)c8ccccc8)cc7)nc7ccccc7c6c45)nc4ccccc34)cc2)cc1. The van der Waals surface area contributed by atoms with Crippen LogP contribution in [0.2, 0.25) is 0 Å². The van der Waals surface area contributed by atoms with Gasteiger partial charge in [0, 0.05) is 49.7 Å². The van der Waals surface area contributed by atoms with Crippen molar-refractivity contribution < 1.29 is 0 Å². The highest BCUT2D eigenvalue weighted by atomic mass is 15.1. The molecule has 11 aromatic rings. The lowest BCUT2D eigenvalue weighted by Gasteiger charge is -2.25. The number of nitrogens with zero attached hydrogens (tertiary/aromatic N) is 3. The highest BCUT2D eigenvalue weighted by Gasteiger charge is 2.19. The number of pyridine rings is 2. The van der Waals surface area contributed by atoms with E-state index in [9.17, 15) is 0 Å². The minimum Gasteiger partial charge on any atom is -0.311 e. The molecule has 0 unspecified atom stereocenters. The topological polar surface area (TPSA) is 29.0 Å². The maximum Gasteiger partial charge on any atom is 0.0788 e. The van der Waals surface area contributed by atoms with Crippen LogP contribution in [-0.4, -0.2) is 9.97 Å². The molecule has 0 saturated carbocycles. The van der Waals surface area contributed by atoms with Crippen molar-refractivity contribution in [1.82, 2.24) is 9.97 Å². The van der Waals surface area contributed by atoms with Crippen molar-refractivity contribution in [3.63, 3.8) is 0 Å². The van der Waals surface area contributed by atoms with E-state index < -0.39 is 0 Å². The Morgan fingerprint density at radius 2 is 0.847 bits per heavy atom. The van der Waals surface area contributed by atoms with E-state index in [0.29, 0.717) is 0 Å². The van der Waals surface area contributed by atoms with Crippen molar-refractivity contribution in [2.24, 2.45) is 0 Å². The number of anilines is 3. The van der Waals surface area contributed by atoms with Crippen molar-refractivity contribution in [3.8, 4) is 44.8 Å². The Kier molecular flexibility index (Phi) is 8.49. The zero-order chi connectivity index (χ0) is 39.1. The highest BCUT2D eigenvalue weighted by Crippen LogP contribution is 2.43. The molecule has 0 atom stereocenters. The van der Waals surface area contributed by atoms with Gasteiger partial charge in [-0.1, -0.05) is 170 Å². The smallest absolute Gasteiger partial charge is 0.0788 e. The van der Waals surface area contributed by atoms with Crippen molar-refractivity contribution in [3.05, 3.63) is 224 Å². The zero-order valence-electron chi connectivity index (χ0n) is 32.2. The fourth-order valence-electron chi connectivity index (χ4n) is 8.65. The van der Waals surface area contributed by atoms with Crippen LogP contribution in [0.25, 0.3) is 88.1 Å². The number of benzene rings is 9. The average molecular weight is 752 g/mol. The van der Waals surface area contributed by atoms with Gasteiger partial charge in [0.1, 0.15) is 0 Å². The molecule has 0 radical (unpaired) electrons. The van der Waals surface area contributed by atoms with Crippen LogP contribution < -0.4 is 4.90 Å². The molecule has 59 heavy (non-hydrogen) atoms. The molecular weight excluding hydrogens is 715 g/mol. The number of hydrogen-bond donors (Lipinski definition) is 0. The number of para-hydroxylation sites is 4. The lowest BCUT2D eigenvalue weighted by atomic mass is 9.90. The van der Waals surface area contributed by atoms with E-state index in [1.807, 2.05) is 0 Å². The van der Waals surface area contributed by atoms with Gasteiger partial charge in [0.15, 0.2) is 0 Å². The van der Waals surface area contributed by atoms with Gasteiger partial charge in [0.05, 0.1) is 22.4 Å². The fourth-order valence-corrected chi connectivity index (χ4v) is 8.65. The minimum atomic E-state index is 0.942. The van der Waals surface area contributed by atoms with E-state index in [-0.39, 0.29) is 0 Å². The number of fused-ring (bicyclic) bond motifs is 6. The van der Waals surface area contributed by atoms with Gasteiger partial charge in [-0.2, -0.15) is 0 Å². The van der Waals surface area contributed by atoms with Gasteiger partial charge in [-0.15, -0.1) is 0 Å². The third-order valence-electron chi connectivity index (χ3n) is 11.4. The van der Waals surface area contributed by atoms with Crippen LogP contribution in [0, 0.1) is 0 Å². The summed E-state index contributed by atoms with van der Waals surface area (Å²) in [4.78, 5) is 13.0. The molecule has 0 spiro atoms. The monoisotopic (exact) mass is 751 g/mol. The van der Waals surface area contributed by atoms with Crippen LogP contribution in [-0.2, 0) is 0 Å². The van der Waals surface area contributed by atoms with Crippen LogP contribution in [0.1, 0.15) is 0 Å². The molecule has 0 amide bonds. The molecule has 0 aliphatic heterocycles. The van der Waals surface area contributed by atoms with Crippen LogP contribution >= 0.6 is 0 Å². The molecular formula is C56H37N3. The molecule has 2 aromatic heterocycles. The third-order valence-corrected chi connectivity index (χ3v) is 11.4. The van der Waals surface area contributed by atoms with Crippen LogP contribution in [0.5, 0.6) is 0 Å². The Hall–Kier alpha value is -7.88. The second-order valence-corrected chi connectivity index (χ2v) is 14.9. The molecule has 3 nitrogen and oxygen atoms in total. The largest absolute Gasteiger partial charge is 0.311 e. The van der Waals surface area contributed by atoms with Gasteiger partial charge >= 0.3 is 0 Å². The predicted octanol–water partition coefficient (Wildman–Crippen LogP) is 15.2. The van der Waals surface area contributed by atoms with Crippen molar-refractivity contribution >= 4 is 60.4 Å². The van der Waals surface area contributed by atoms with Gasteiger partial charge in [-0.25, -0.2) is 9.97 Å². The summed E-state index contributed by atoms with van der Waals surface area (Å²) in [6.07, 6.45) is 0. The van der Waals surface area contributed by atoms with E-state index in [1.54, 1.807) is 0 Å². The molecule has 0 N–H and O–H groups in total. The fraction of sp³-hybridized carbons (Fsp3) is 0. The molecule has 11 rings (SSSR count). The molecule has 0 aliphatic rings. The van der Waals surface area contributed by atoms with Gasteiger partial charge in [-0.3, -0.25) is 0 Å². The van der Waals surface area contributed by atoms with Gasteiger partial charge in [0.25, 0.3) is 0 Å². The molecule has 2 heterocycles. The lowest BCUT2D eigenvalue weighted by molar-refractivity contribution is 1.28. The first kappa shape index (κ1) is 34.4. The quantitative estimate of drug-likeness (QED) is 0.152. The maximum atomic E-state index is 5.37. The molecule has 0 saturated heterocycles. The summed E-state index contributed by atoms with van der Waals surface area (Å²) in [6.45, 7) is 0. The van der Waals surface area contributed by atoms with Crippen molar-refractivity contribution in [2.75, 3.05) is 4.90 Å². The van der Waals surface area contributed by atoms with Gasteiger partial charge < -0.3 is 4.90 Å². The average Bonchev–Trinajstić information content (AvgIpc) is 3.32. The molecule has 3 heteroatoms. The molecule has 276 valence electrons. The normalized spacial score (nSPS) is 11.4. The van der Waals surface area contributed by atoms with Crippen LogP contribution in [0.3, 0.4) is 0 Å². The molecule has 0 bridgehead atoms. The number of aromatic nitrogens is 2. The molecule has 0 fully saturated rings. The standard InChI is InChI=1S/C56H37N3/c1-4-15-38(16-5-1)39-27-29-40(30-28-39)50-37-53(57-51-25-12-10-22-46(50)51)48-24-14-17-41-33-36-49-55(54(41)48)47-23-11-13-26-52(47)58-56(49)42-31-34-45(35-32-42)59(43-18-6-2-7-19-43)44-20-8-3-9-21-44/h1-37H. The number of hydrogen-bond acceptors (Lipinski definition) is 3. The second-order valence-electron chi connectivity index (χ2n) is 14.9. The van der Waals surface area contributed by atoms with Crippen molar-refractivity contribution in [1.29, 1.82) is 0 Å². The first-order chi connectivity index (χ1) is 29.3. The Balaban J connectivity index is 1.09. The predicted molar refractivity (Wildman–Crippen MR) is 248 cm³/mol. The number of rotatable bonds is 7. The van der Waals surface area contributed by atoms with Crippen molar-refractivity contribution in [2.45, 2.75) is 0 Å². The summed E-state index contributed by atoms with van der Waals surface area (Å²) in [7, 11) is 0. The summed E-state index contributed by atoms with van der Waals surface area (Å²) >= 11 is 0.